The largest absolute Gasteiger partial charge is 0.354 e. The van der Waals surface area contributed by atoms with E-state index < -0.39 is 21.8 Å². The van der Waals surface area contributed by atoms with Crippen LogP contribution in [0.2, 0.25) is 0 Å². The smallest absolute Gasteiger partial charge is 0.251 e. The van der Waals surface area contributed by atoms with E-state index in [-0.39, 0.29) is 35.4 Å². The number of hydrogen-bond donors (Lipinski definition) is 3. The molecule has 2 amide bonds. The summed E-state index contributed by atoms with van der Waals surface area (Å²) < 4.78 is 40.1. The summed E-state index contributed by atoms with van der Waals surface area (Å²) in [5.41, 5.74) is 0.728. The Hall–Kier alpha value is -2.78. The summed E-state index contributed by atoms with van der Waals surface area (Å²) in [4.78, 5) is 24.0. The summed E-state index contributed by atoms with van der Waals surface area (Å²) in [7, 11) is -3.64. The molecule has 0 aromatic heterocycles. The number of nitrogens with one attached hydrogen (secondary N) is 3. The van der Waals surface area contributed by atoms with E-state index >= 15 is 0 Å². The predicted molar refractivity (Wildman–Crippen MR) is 107 cm³/mol. The van der Waals surface area contributed by atoms with Gasteiger partial charge in [0.1, 0.15) is 5.82 Å². The fraction of sp³-hybridized carbons (Fsp3) is 0.300. The second-order valence-corrected chi connectivity index (χ2v) is 8.39. The Morgan fingerprint density at radius 2 is 1.66 bits per heavy atom. The molecule has 0 aliphatic carbocycles. The van der Waals surface area contributed by atoms with Crippen molar-refractivity contribution in [2.75, 3.05) is 13.1 Å². The van der Waals surface area contributed by atoms with Gasteiger partial charge in [0, 0.05) is 18.2 Å². The number of benzene rings is 2. The van der Waals surface area contributed by atoms with Crippen LogP contribution in [0.3, 0.4) is 0 Å². The minimum Gasteiger partial charge on any atom is -0.354 e. The number of carbonyl (C=O) groups is 2. The zero-order valence-electron chi connectivity index (χ0n) is 16.2. The summed E-state index contributed by atoms with van der Waals surface area (Å²) in [5.74, 6) is -1.24. The summed E-state index contributed by atoms with van der Waals surface area (Å²) in [6.45, 7) is 3.41. The van der Waals surface area contributed by atoms with Crippen molar-refractivity contribution in [2.24, 2.45) is 0 Å². The molecule has 0 saturated heterocycles. The maximum absolute atomic E-state index is 13.5. The molecule has 2 rings (SSSR count). The van der Waals surface area contributed by atoms with E-state index in [4.69, 9.17) is 0 Å². The van der Waals surface area contributed by atoms with Crippen molar-refractivity contribution in [3.63, 3.8) is 0 Å². The molecule has 0 saturated carbocycles. The summed E-state index contributed by atoms with van der Waals surface area (Å²) >= 11 is 0. The molecule has 0 heterocycles. The van der Waals surface area contributed by atoms with Gasteiger partial charge in [-0.3, -0.25) is 9.59 Å². The second kappa shape index (κ2) is 10.1. The van der Waals surface area contributed by atoms with E-state index in [1.807, 2.05) is 0 Å². The first-order chi connectivity index (χ1) is 13.7. The summed E-state index contributed by atoms with van der Waals surface area (Å²) in [5, 5.41) is 5.06. The number of carbonyl (C=O) groups excluding carboxylic acids is 2. The number of hydrogen-bond acceptors (Lipinski definition) is 4. The molecule has 0 unspecified atom stereocenters. The fourth-order valence-corrected chi connectivity index (χ4v) is 3.78. The third-order valence-corrected chi connectivity index (χ3v) is 5.58. The molecule has 2 aromatic rings. The van der Waals surface area contributed by atoms with Crippen LogP contribution in [-0.2, 0) is 21.2 Å². The zero-order valence-corrected chi connectivity index (χ0v) is 17.1. The van der Waals surface area contributed by atoms with Gasteiger partial charge in [0.15, 0.2) is 0 Å². The van der Waals surface area contributed by atoms with Crippen LogP contribution in [-0.4, -0.2) is 39.4 Å². The molecule has 3 N–H and O–H groups in total. The minimum atomic E-state index is -3.64. The van der Waals surface area contributed by atoms with Crippen molar-refractivity contribution in [1.82, 2.24) is 15.4 Å². The van der Waals surface area contributed by atoms with Crippen LogP contribution in [0.25, 0.3) is 0 Å². The van der Waals surface area contributed by atoms with E-state index in [0.29, 0.717) is 12.0 Å². The van der Waals surface area contributed by atoms with Crippen LogP contribution < -0.4 is 15.4 Å². The Balaban J connectivity index is 1.81. The van der Waals surface area contributed by atoms with E-state index in [1.54, 1.807) is 32.0 Å². The van der Waals surface area contributed by atoms with Gasteiger partial charge in [-0.05, 0) is 56.2 Å². The highest BCUT2D eigenvalue weighted by molar-refractivity contribution is 7.89. The first-order valence-corrected chi connectivity index (χ1v) is 10.6. The van der Waals surface area contributed by atoms with Gasteiger partial charge < -0.3 is 10.6 Å². The SMILES string of the molecule is CC(C)NS(=O)(=O)c1ccc(C(=O)NCC(=O)NCCc2ccccc2F)cc1. The monoisotopic (exact) mass is 421 g/mol. The lowest BCUT2D eigenvalue weighted by Crippen LogP contribution is -2.37. The molecular formula is C20H24FN3O4S. The van der Waals surface area contributed by atoms with E-state index in [1.165, 1.54) is 30.3 Å². The first kappa shape index (κ1) is 22.5. The van der Waals surface area contributed by atoms with Crippen LogP contribution in [0.15, 0.2) is 53.4 Å². The molecule has 0 radical (unpaired) electrons. The Bertz CT molecular complexity index is 960. The lowest BCUT2D eigenvalue weighted by atomic mass is 10.1. The minimum absolute atomic E-state index is 0.0497. The molecule has 0 fully saturated rings. The van der Waals surface area contributed by atoms with Gasteiger partial charge in [-0.25, -0.2) is 17.5 Å². The highest BCUT2D eigenvalue weighted by atomic mass is 32.2. The maximum atomic E-state index is 13.5. The Morgan fingerprint density at radius 1 is 1.00 bits per heavy atom. The number of rotatable bonds is 9. The molecule has 0 atom stereocenters. The third kappa shape index (κ3) is 6.95. The summed E-state index contributed by atoms with van der Waals surface area (Å²) in [6, 6.07) is 11.5. The van der Waals surface area contributed by atoms with Crippen LogP contribution in [0, 0.1) is 5.82 Å². The van der Waals surface area contributed by atoms with Crippen molar-refractivity contribution in [1.29, 1.82) is 0 Å². The zero-order chi connectivity index (χ0) is 21.4. The lowest BCUT2D eigenvalue weighted by Gasteiger charge is -2.10. The molecule has 0 aliphatic rings. The fourth-order valence-electron chi connectivity index (χ4n) is 2.53. The standard InChI is InChI=1S/C20H24FN3O4S/c1-14(2)24-29(27,28)17-9-7-16(8-10-17)20(26)23-13-19(25)22-12-11-15-5-3-4-6-18(15)21/h3-10,14,24H,11-13H2,1-2H3,(H,22,25)(H,23,26). The van der Waals surface area contributed by atoms with Crippen molar-refractivity contribution in [2.45, 2.75) is 31.2 Å². The van der Waals surface area contributed by atoms with Gasteiger partial charge >= 0.3 is 0 Å². The highest BCUT2D eigenvalue weighted by Crippen LogP contribution is 2.11. The molecule has 0 bridgehead atoms. The molecule has 156 valence electrons. The van der Waals surface area contributed by atoms with Gasteiger partial charge in [-0.1, -0.05) is 18.2 Å². The number of amides is 2. The Morgan fingerprint density at radius 3 is 2.28 bits per heavy atom. The van der Waals surface area contributed by atoms with E-state index in [9.17, 15) is 22.4 Å². The molecule has 29 heavy (non-hydrogen) atoms. The van der Waals surface area contributed by atoms with Gasteiger partial charge in [-0.2, -0.15) is 0 Å². The van der Waals surface area contributed by atoms with Crippen molar-refractivity contribution >= 4 is 21.8 Å². The quantitative estimate of drug-likeness (QED) is 0.572. The van der Waals surface area contributed by atoms with Crippen molar-refractivity contribution < 1.29 is 22.4 Å². The average Bonchev–Trinajstić information content (AvgIpc) is 2.67. The van der Waals surface area contributed by atoms with Crippen LogP contribution in [0.4, 0.5) is 4.39 Å². The number of halogens is 1. The van der Waals surface area contributed by atoms with E-state index in [2.05, 4.69) is 15.4 Å². The average molecular weight is 421 g/mol. The topological polar surface area (TPSA) is 104 Å². The lowest BCUT2D eigenvalue weighted by molar-refractivity contribution is -0.120. The molecular weight excluding hydrogens is 397 g/mol. The normalized spacial score (nSPS) is 11.3. The highest BCUT2D eigenvalue weighted by Gasteiger charge is 2.16. The molecule has 0 spiro atoms. The molecule has 0 aliphatic heterocycles. The van der Waals surface area contributed by atoms with Gasteiger partial charge in [-0.15, -0.1) is 0 Å². The van der Waals surface area contributed by atoms with Crippen molar-refractivity contribution in [3.8, 4) is 0 Å². The predicted octanol–water partition coefficient (Wildman–Crippen LogP) is 1.60. The first-order valence-electron chi connectivity index (χ1n) is 9.10. The van der Waals surface area contributed by atoms with Crippen LogP contribution in [0.1, 0.15) is 29.8 Å². The summed E-state index contributed by atoms with van der Waals surface area (Å²) in [6.07, 6.45) is 0.340. The van der Waals surface area contributed by atoms with Crippen LogP contribution in [0.5, 0.6) is 0 Å². The van der Waals surface area contributed by atoms with Gasteiger partial charge in [0.25, 0.3) is 5.91 Å². The Kier molecular flexibility index (Phi) is 7.86. The third-order valence-electron chi connectivity index (χ3n) is 3.90. The second-order valence-electron chi connectivity index (χ2n) is 6.67. The van der Waals surface area contributed by atoms with Crippen molar-refractivity contribution in [3.05, 3.63) is 65.5 Å². The molecule has 9 heteroatoms. The van der Waals surface area contributed by atoms with Crippen LogP contribution >= 0.6 is 0 Å². The molecule has 7 nitrogen and oxygen atoms in total. The molecule has 2 aromatic carbocycles. The Labute approximate surface area is 169 Å². The number of sulfonamides is 1. The van der Waals surface area contributed by atoms with E-state index in [0.717, 1.165) is 0 Å². The van der Waals surface area contributed by atoms with Gasteiger partial charge in [0.05, 0.1) is 11.4 Å². The maximum Gasteiger partial charge on any atom is 0.251 e. The van der Waals surface area contributed by atoms with Gasteiger partial charge in [0.2, 0.25) is 15.9 Å².